The monoisotopic (exact) mass is 396 g/mol. The predicted molar refractivity (Wildman–Crippen MR) is 106 cm³/mol. The molecule has 0 saturated carbocycles. The highest BCUT2D eigenvalue weighted by molar-refractivity contribution is 5.84. The average Bonchev–Trinajstić information content (AvgIpc) is 3.17. The van der Waals surface area contributed by atoms with Gasteiger partial charge >= 0.3 is 11.9 Å². The molecular formula is C23H21FO5. The maximum Gasteiger partial charge on any atom is 0.348 e. The van der Waals surface area contributed by atoms with E-state index >= 15 is 0 Å². The van der Waals surface area contributed by atoms with E-state index in [4.69, 9.17) is 14.6 Å². The van der Waals surface area contributed by atoms with E-state index < -0.39 is 12.1 Å². The molecule has 1 aliphatic heterocycles. The van der Waals surface area contributed by atoms with Gasteiger partial charge in [-0.15, -0.1) is 0 Å². The number of halogens is 1. The number of hydrogen-bond donors (Lipinski definition) is 1. The molecule has 0 bridgehead atoms. The van der Waals surface area contributed by atoms with Gasteiger partial charge < -0.3 is 14.6 Å². The van der Waals surface area contributed by atoms with Crippen LogP contribution in [0, 0.1) is 5.82 Å². The van der Waals surface area contributed by atoms with Gasteiger partial charge in [0.1, 0.15) is 17.7 Å². The Kier molecular flexibility index (Phi) is 6.44. The van der Waals surface area contributed by atoms with Crippen molar-refractivity contribution in [2.45, 2.75) is 32.0 Å². The smallest absolute Gasteiger partial charge is 0.348 e. The Morgan fingerprint density at radius 3 is 2.41 bits per heavy atom. The lowest BCUT2D eigenvalue weighted by atomic mass is 10.0. The van der Waals surface area contributed by atoms with Crippen LogP contribution in [0.5, 0.6) is 5.75 Å². The van der Waals surface area contributed by atoms with Crippen LogP contribution in [-0.4, -0.2) is 23.1 Å². The van der Waals surface area contributed by atoms with Crippen molar-refractivity contribution in [2.24, 2.45) is 0 Å². The first kappa shape index (κ1) is 20.3. The third kappa shape index (κ3) is 5.54. The van der Waals surface area contributed by atoms with Gasteiger partial charge in [0.2, 0.25) is 0 Å². The summed E-state index contributed by atoms with van der Waals surface area (Å²) in [7, 11) is 0. The van der Waals surface area contributed by atoms with E-state index in [1.54, 1.807) is 0 Å². The van der Waals surface area contributed by atoms with Crippen molar-refractivity contribution in [1.82, 2.24) is 0 Å². The van der Waals surface area contributed by atoms with Crippen LogP contribution >= 0.6 is 0 Å². The van der Waals surface area contributed by atoms with Gasteiger partial charge in [-0.3, -0.25) is 4.79 Å². The number of cyclic esters (lactones) is 1. The third-order valence-electron chi connectivity index (χ3n) is 4.51. The zero-order chi connectivity index (χ0) is 20.8. The Labute approximate surface area is 167 Å². The maximum absolute atomic E-state index is 12.0. The van der Waals surface area contributed by atoms with Crippen molar-refractivity contribution < 1.29 is 28.6 Å². The fourth-order valence-corrected chi connectivity index (χ4v) is 2.91. The molecule has 1 N–H and O–H groups in total. The molecule has 4 rings (SSSR count). The Morgan fingerprint density at radius 2 is 1.79 bits per heavy atom. The van der Waals surface area contributed by atoms with Crippen LogP contribution in [0.25, 0.3) is 10.8 Å². The van der Waals surface area contributed by atoms with Crippen molar-refractivity contribution in [3.8, 4) is 5.75 Å². The van der Waals surface area contributed by atoms with Gasteiger partial charge in [0.05, 0.1) is 0 Å². The molecule has 2 unspecified atom stereocenters. The van der Waals surface area contributed by atoms with E-state index in [1.807, 2.05) is 49.4 Å². The number of ether oxygens (including phenoxy) is 2. The summed E-state index contributed by atoms with van der Waals surface area (Å²) >= 11 is 0. The van der Waals surface area contributed by atoms with Crippen LogP contribution in [-0.2, 0) is 19.1 Å². The molecule has 1 aliphatic rings. The number of benzene rings is 3. The first-order valence-electron chi connectivity index (χ1n) is 9.25. The summed E-state index contributed by atoms with van der Waals surface area (Å²) in [5, 5.41) is 10.8. The molecule has 1 saturated heterocycles. The highest BCUT2D eigenvalue weighted by Crippen LogP contribution is 2.24. The summed E-state index contributed by atoms with van der Waals surface area (Å²) in [4.78, 5) is 23.0. The largest absolute Gasteiger partial charge is 0.508 e. The van der Waals surface area contributed by atoms with E-state index in [2.05, 4.69) is 0 Å². The number of phenols is 1. The number of carbonyl (C=O) groups is 2. The molecule has 2 atom stereocenters. The predicted octanol–water partition coefficient (Wildman–Crippen LogP) is 4.68. The topological polar surface area (TPSA) is 72.8 Å². The summed E-state index contributed by atoms with van der Waals surface area (Å²) in [6, 6.07) is 19.0. The summed E-state index contributed by atoms with van der Waals surface area (Å²) in [6.07, 6.45) is -0.437. The molecule has 3 aromatic rings. The second-order valence-electron chi connectivity index (χ2n) is 6.68. The van der Waals surface area contributed by atoms with Gasteiger partial charge in [-0.2, -0.15) is 0 Å². The molecule has 5 nitrogen and oxygen atoms in total. The fourth-order valence-electron chi connectivity index (χ4n) is 2.91. The van der Waals surface area contributed by atoms with Crippen molar-refractivity contribution in [1.29, 1.82) is 0 Å². The van der Waals surface area contributed by atoms with Gasteiger partial charge in [-0.25, -0.2) is 9.18 Å². The Morgan fingerprint density at radius 1 is 1.10 bits per heavy atom. The highest BCUT2D eigenvalue weighted by Gasteiger charge is 2.32. The number of aromatic hydroxyl groups is 1. The van der Waals surface area contributed by atoms with Gasteiger partial charge in [0.25, 0.3) is 0 Å². The van der Waals surface area contributed by atoms with Crippen LogP contribution in [0.4, 0.5) is 4.39 Å². The minimum absolute atomic E-state index is 0.0893. The fraction of sp³-hybridized carbons (Fsp3) is 0.217. The van der Waals surface area contributed by atoms with Gasteiger partial charge in [0.15, 0.2) is 6.10 Å². The normalized spacial score (nSPS) is 16.5. The van der Waals surface area contributed by atoms with Crippen molar-refractivity contribution in [2.75, 3.05) is 0 Å². The maximum atomic E-state index is 12.0. The van der Waals surface area contributed by atoms with Gasteiger partial charge in [-0.05, 0) is 53.6 Å². The molecule has 0 amide bonds. The number of hydrogen-bond acceptors (Lipinski definition) is 5. The number of carbonyl (C=O) groups excluding carboxylic acids is 2. The summed E-state index contributed by atoms with van der Waals surface area (Å²) < 4.78 is 22.3. The molecule has 0 aliphatic carbocycles. The number of esters is 2. The highest BCUT2D eigenvalue weighted by atomic mass is 19.1. The molecule has 0 radical (unpaired) electrons. The van der Waals surface area contributed by atoms with E-state index in [0.717, 1.165) is 16.3 Å². The first-order chi connectivity index (χ1) is 13.9. The Balaban J connectivity index is 0.000000252. The van der Waals surface area contributed by atoms with E-state index in [9.17, 15) is 14.0 Å². The quantitative estimate of drug-likeness (QED) is 0.651. The number of rotatable bonds is 3. The minimum Gasteiger partial charge on any atom is -0.508 e. The molecule has 150 valence electrons. The van der Waals surface area contributed by atoms with Crippen LogP contribution in [0.3, 0.4) is 0 Å². The van der Waals surface area contributed by atoms with Crippen LogP contribution in [0.15, 0.2) is 66.7 Å². The van der Waals surface area contributed by atoms with Gasteiger partial charge in [-0.1, -0.05) is 36.4 Å². The molecule has 0 aromatic heterocycles. The standard InChI is InChI=1S/C17H16O4.C6H5FO/c1-11(20-17(19)15-8-9-16(18)21-15)13-7-6-12-4-2-3-5-14(12)10-13;7-5-1-3-6(8)4-2-5/h2-7,10-11,15H,8-9H2,1H3;1-4,8H. The molecule has 29 heavy (non-hydrogen) atoms. The van der Waals surface area contributed by atoms with Crippen LogP contribution in [0.1, 0.15) is 31.4 Å². The lowest BCUT2D eigenvalue weighted by molar-refractivity contribution is -0.165. The second-order valence-corrected chi connectivity index (χ2v) is 6.68. The summed E-state index contributed by atoms with van der Waals surface area (Å²) in [6.45, 7) is 1.82. The van der Waals surface area contributed by atoms with E-state index in [-0.39, 0.29) is 30.1 Å². The summed E-state index contributed by atoms with van der Waals surface area (Å²) in [5.41, 5.74) is 0.923. The molecule has 0 spiro atoms. The number of fused-ring (bicyclic) bond motifs is 1. The molecule has 6 heteroatoms. The zero-order valence-corrected chi connectivity index (χ0v) is 15.9. The first-order valence-corrected chi connectivity index (χ1v) is 9.25. The van der Waals surface area contributed by atoms with E-state index in [1.165, 1.54) is 24.3 Å². The zero-order valence-electron chi connectivity index (χ0n) is 15.9. The SMILES string of the molecule is CC(OC(=O)C1CCC(=O)O1)c1ccc2ccccc2c1.Oc1ccc(F)cc1. The third-order valence-corrected chi connectivity index (χ3v) is 4.51. The van der Waals surface area contributed by atoms with Crippen molar-refractivity contribution >= 4 is 22.7 Å². The second kappa shape index (κ2) is 9.19. The molecule has 3 aromatic carbocycles. The average molecular weight is 396 g/mol. The Bertz CT molecular complexity index is 979. The molecular weight excluding hydrogens is 375 g/mol. The Hall–Kier alpha value is -3.41. The van der Waals surface area contributed by atoms with Crippen LogP contribution in [0.2, 0.25) is 0 Å². The molecule has 1 fully saturated rings. The number of phenolic OH excluding ortho intramolecular Hbond substituents is 1. The van der Waals surface area contributed by atoms with Crippen molar-refractivity contribution in [3.63, 3.8) is 0 Å². The lowest BCUT2D eigenvalue weighted by Gasteiger charge is -2.16. The molecule has 1 heterocycles. The van der Waals surface area contributed by atoms with Gasteiger partial charge in [0, 0.05) is 12.8 Å². The van der Waals surface area contributed by atoms with E-state index in [0.29, 0.717) is 6.42 Å². The minimum atomic E-state index is -0.750. The van der Waals surface area contributed by atoms with Crippen LogP contribution < -0.4 is 0 Å². The summed E-state index contributed by atoms with van der Waals surface area (Å²) in [5.74, 6) is -1.05. The lowest BCUT2D eigenvalue weighted by Crippen LogP contribution is -2.24. The van der Waals surface area contributed by atoms with Crippen molar-refractivity contribution in [3.05, 3.63) is 78.1 Å².